The number of H-pyrrole nitrogens is 2. The zero-order valence-corrected chi connectivity index (χ0v) is 32.4. The normalized spacial score (nSPS) is 20.0. The molecular formula is C39H54N8O5S. The van der Waals surface area contributed by atoms with Crippen molar-refractivity contribution in [3.8, 4) is 0 Å². The van der Waals surface area contributed by atoms with Crippen LogP contribution in [0.2, 0.25) is 0 Å². The van der Waals surface area contributed by atoms with Crippen LogP contribution in [0.4, 0.5) is 9.59 Å². The van der Waals surface area contributed by atoms with Gasteiger partial charge in [0.25, 0.3) is 5.56 Å². The van der Waals surface area contributed by atoms with Gasteiger partial charge in [0, 0.05) is 75.8 Å². The highest BCUT2D eigenvalue weighted by atomic mass is 32.2. The molecule has 1 aromatic carbocycles. The zero-order valence-electron chi connectivity index (χ0n) is 31.5. The summed E-state index contributed by atoms with van der Waals surface area (Å²) < 4.78 is 5.58. The monoisotopic (exact) mass is 746 g/mol. The van der Waals surface area contributed by atoms with Gasteiger partial charge in [-0.2, -0.15) is 5.10 Å². The molecule has 4 amide bonds. The third-order valence-electron chi connectivity index (χ3n) is 11.3. The zero-order chi connectivity index (χ0) is 37.3. The number of nitrogens with zero attached hydrogens (tertiary/aromatic N) is 5. The molecule has 1 atom stereocenters. The lowest BCUT2D eigenvalue weighted by molar-refractivity contribution is -0.135. The maximum Gasteiger partial charge on any atom is 0.410 e. The average molecular weight is 747 g/mol. The van der Waals surface area contributed by atoms with Crippen LogP contribution in [0.25, 0.3) is 10.9 Å². The van der Waals surface area contributed by atoms with E-state index in [-0.39, 0.29) is 29.5 Å². The number of amides is 4. The second kappa shape index (κ2) is 15.7. The summed E-state index contributed by atoms with van der Waals surface area (Å²) in [6.07, 6.45) is 7.16. The van der Waals surface area contributed by atoms with Gasteiger partial charge in [0.15, 0.2) is 0 Å². The van der Waals surface area contributed by atoms with Crippen LogP contribution in [0.3, 0.4) is 0 Å². The van der Waals surface area contributed by atoms with Crippen LogP contribution in [0.1, 0.15) is 81.0 Å². The smallest absolute Gasteiger partial charge is 0.410 e. The molecular weight excluding hydrogens is 693 g/mol. The van der Waals surface area contributed by atoms with E-state index in [4.69, 9.17) is 4.74 Å². The minimum atomic E-state index is -0.728. The first-order valence-electron chi connectivity index (χ1n) is 19.3. The third-order valence-corrected chi connectivity index (χ3v) is 12.4. The third kappa shape index (κ3) is 8.69. The quantitative estimate of drug-likeness (QED) is 0.331. The Bertz CT molecular complexity index is 1860. The van der Waals surface area contributed by atoms with Crippen molar-refractivity contribution in [3.05, 3.63) is 57.0 Å². The molecule has 286 valence electrons. The number of nitrogens with one attached hydrogen (secondary N) is 3. The summed E-state index contributed by atoms with van der Waals surface area (Å²) in [5.74, 6) is 1.06. The van der Waals surface area contributed by atoms with Gasteiger partial charge in [0.05, 0.1) is 16.7 Å². The Morgan fingerprint density at radius 2 is 1.68 bits per heavy atom. The SMILES string of the molecule is Cc1cc(C[C@@H](NC(=O)N2CCC(c3cc4c([nH]c3=O)SCCC4)CC2)C(=O)N2CCN(C3CCN(C(=O)OC(C)(C)C)CC3)CC2)cc2cn[nH]c12. The predicted octanol–water partition coefficient (Wildman–Crippen LogP) is 4.64. The molecule has 4 aliphatic heterocycles. The number of hydrogen-bond acceptors (Lipinski definition) is 8. The number of aromatic amines is 2. The Hall–Kier alpha value is -4.04. The summed E-state index contributed by atoms with van der Waals surface area (Å²) >= 11 is 1.72. The number of piperidine rings is 2. The second-order valence-corrected chi connectivity index (χ2v) is 17.2. The topological polar surface area (TPSA) is 147 Å². The number of carbonyl (C=O) groups excluding carboxylic acids is 3. The van der Waals surface area contributed by atoms with Crippen molar-refractivity contribution in [1.29, 1.82) is 0 Å². The molecule has 0 unspecified atom stereocenters. The molecule has 0 aliphatic carbocycles. The minimum absolute atomic E-state index is 0.0112. The number of hydrogen-bond donors (Lipinski definition) is 3. The van der Waals surface area contributed by atoms with Crippen molar-refractivity contribution in [3.63, 3.8) is 0 Å². The van der Waals surface area contributed by atoms with Gasteiger partial charge in [0.2, 0.25) is 5.91 Å². The van der Waals surface area contributed by atoms with Gasteiger partial charge in [-0.15, -0.1) is 11.8 Å². The van der Waals surface area contributed by atoms with E-state index in [1.165, 1.54) is 5.56 Å². The van der Waals surface area contributed by atoms with E-state index in [2.05, 4.69) is 37.5 Å². The van der Waals surface area contributed by atoms with E-state index in [0.717, 1.165) is 77.1 Å². The lowest BCUT2D eigenvalue weighted by Gasteiger charge is -2.43. The standard InChI is InChI=1S/C39H54N8O5S/c1-25-20-26(21-29-24-40-43-33(25)29)22-32(36(49)45-17-15-44(16-18-45)30-9-13-47(14-10-30)38(51)52-39(2,3)4)41-37(50)46-11-7-27(8-12-46)31-23-28-6-5-19-53-35(28)42-34(31)48/h20-21,23-24,27,30,32H,5-19,22H2,1-4H3,(H,40,43)(H,41,50)(H,42,48)/t32-/m1/s1. The van der Waals surface area contributed by atoms with Gasteiger partial charge in [-0.1, -0.05) is 6.07 Å². The fourth-order valence-corrected chi connectivity index (χ4v) is 9.40. The van der Waals surface area contributed by atoms with Crippen LogP contribution in [0.5, 0.6) is 0 Å². The Balaban J connectivity index is 0.980. The first-order chi connectivity index (χ1) is 25.4. The van der Waals surface area contributed by atoms with Crippen molar-refractivity contribution in [2.24, 2.45) is 0 Å². The number of likely N-dealkylation sites (tertiary alicyclic amines) is 2. The molecule has 0 saturated carbocycles. The number of urea groups is 1. The van der Waals surface area contributed by atoms with Gasteiger partial charge in [-0.05, 0) is 107 Å². The van der Waals surface area contributed by atoms with Gasteiger partial charge in [-0.25, -0.2) is 9.59 Å². The molecule has 7 rings (SSSR count). The summed E-state index contributed by atoms with van der Waals surface area (Å²) in [6.45, 7) is 12.7. The molecule has 3 aromatic rings. The maximum atomic E-state index is 14.3. The van der Waals surface area contributed by atoms with Crippen LogP contribution in [-0.2, 0) is 22.4 Å². The molecule has 53 heavy (non-hydrogen) atoms. The van der Waals surface area contributed by atoms with E-state index < -0.39 is 11.6 Å². The summed E-state index contributed by atoms with van der Waals surface area (Å²) in [5, 5.41) is 12.4. The predicted molar refractivity (Wildman–Crippen MR) is 205 cm³/mol. The molecule has 13 nitrogen and oxygen atoms in total. The van der Waals surface area contributed by atoms with Crippen LogP contribution in [-0.4, -0.2) is 129 Å². The van der Waals surface area contributed by atoms with Gasteiger partial charge in [-0.3, -0.25) is 19.6 Å². The van der Waals surface area contributed by atoms with Crippen molar-refractivity contribution < 1.29 is 19.1 Å². The van der Waals surface area contributed by atoms with Crippen LogP contribution in [0.15, 0.2) is 34.2 Å². The van der Waals surface area contributed by atoms with Crippen molar-refractivity contribution in [2.45, 2.75) is 101 Å². The van der Waals surface area contributed by atoms with E-state index in [0.29, 0.717) is 64.6 Å². The lowest BCUT2D eigenvalue weighted by Crippen LogP contribution is -2.59. The molecule has 6 heterocycles. The molecule has 4 aliphatic rings. The number of ether oxygens (including phenoxy) is 1. The summed E-state index contributed by atoms with van der Waals surface area (Å²) in [4.78, 5) is 64.8. The Morgan fingerprint density at radius 3 is 2.40 bits per heavy atom. The first kappa shape index (κ1) is 37.3. The second-order valence-electron chi connectivity index (χ2n) is 16.1. The van der Waals surface area contributed by atoms with E-state index in [1.807, 2.05) is 38.7 Å². The van der Waals surface area contributed by atoms with E-state index in [1.54, 1.807) is 27.8 Å². The summed E-state index contributed by atoms with van der Waals surface area (Å²) in [5.41, 5.74) is 4.50. The number of fused-ring (bicyclic) bond motifs is 2. The minimum Gasteiger partial charge on any atom is -0.444 e. The van der Waals surface area contributed by atoms with E-state index >= 15 is 0 Å². The molecule has 2 aromatic heterocycles. The van der Waals surface area contributed by atoms with Gasteiger partial charge in [0.1, 0.15) is 11.6 Å². The number of aryl methyl sites for hydroxylation is 2. The number of rotatable bonds is 6. The van der Waals surface area contributed by atoms with Crippen LogP contribution < -0.4 is 10.9 Å². The average Bonchev–Trinajstić information content (AvgIpc) is 3.63. The molecule has 0 bridgehead atoms. The van der Waals surface area contributed by atoms with E-state index in [9.17, 15) is 19.2 Å². The fraction of sp³-hybridized carbons (Fsp3) is 0.615. The number of benzene rings is 1. The number of thioether (sulfide) groups is 1. The number of aromatic nitrogens is 3. The van der Waals surface area contributed by atoms with Crippen LogP contribution >= 0.6 is 11.8 Å². The number of pyridine rings is 1. The Kier molecular flexibility index (Phi) is 11.1. The summed E-state index contributed by atoms with van der Waals surface area (Å²) in [7, 11) is 0. The molecule has 0 radical (unpaired) electrons. The molecule has 3 fully saturated rings. The molecule has 0 spiro atoms. The van der Waals surface area contributed by atoms with Gasteiger partial charge >= 0.3 is 12.1 Å². The molecule has 14 heteroatoms. The van der Waals surface area contributed by atoms with Crippen molar-refractivity contribution in [2.75, 3.05) is 58.1 Å². The van der Waals surface area contributed by atoms with Crippen LogP contribution in [0, 0.1) is 6.92 Å². The molecule has 3 N–H and O–H groups in total. The highest BCUT2D eigenvalue weighted by Crippen LogP contribution is 2.32. The summed E-state index contributed by atoms with van der Waals surface area (Å²) in [6, 6.07) is 5.59. The molecule has 3 saturated heterocycles. The maximum absolute atomic E-state index is 14.3. The first-order valence-corrected chi connectivity index (χ1v) is 20.3. The Labute approximate surface area is 315 Å². The highest BCUT2D eigenvalue weighted by molar-refractivity contribution is 7.99. The van der Waals surface area contributed by atoms with Gasteiger partial charge < -0.3 is 29.7 Å². The fourth-order valence-electron chi connectivity index (χ4n) is 8.40. The Morgan fingerprint density at radius 1 is 0.962 bits per heavy atom. The van der Waals surface area contributed by atoms with Crippen molar-refractivity contribution in [1.82, 2.24) is 40.1 Å². The largest absolute Gasteiger partial charge is 0.444 e. The lowest BCUT2D eigenvalue weighted by atomic mass is 9.89. The van der Waals surface area contributed by atoms with Crippen molar-refractivity contribution >= 4 is 40.7 Å². The highest BCUT2D eigenvalue weighted by Gasteiger charge is 2.35. The number of carbonyl (C=O) groups is 3. The number of piperazine rings is 1.